The molecule has 0 heteroatoms. The van der Waals surface area contributed by atoms with Gasteiger partial charge in [-0.2, -0.15) is 0 Å². The molecule has 0 aliphatic heterocycles. The Morgan fingerprint density at radius 1 is 0.846 bits per heavy atom. The number of unbranched alkanes of at least 4 members (excludes halogenated alkanes) is 10. The maximum absolute atomic E-state index is 3.91. The first-order valence-corrected chi connectivity index (χ1v) is 11.4. The number of hydrogen-bond acceptors (Lipinski definition) is 0. The zero-order chi connectivity index (χ0) is 19.7. The van der Waals surface area contributed by atoms with E-state index in [0.29, 0.717) is 11.3 Å². The van der Waals surface area contributed by atoms with E-state index < -0.39 is 0 Å². The van der Waals surface area contributed by atoms with Gasteiger partial charge in [-0.05, 0) is 42.6 Å². The highest BCUT2D eigenvalue weighted by atomic mass is 14.2. The Kier molecular flexibility index (Phi) is 15.9. The van der Waals surface area contributed by atoms with E-state index >= 15 is 0 Å². The molecule has 0 amide bonds. The van der Waals surface area contributed by atoms with E-state index in [9.17, 15) is 0 Å². The zero-order valence-electron chi connectivity index (χ0n) is 18.8. The van der Waals surface area contributed by atoms with Crippen molar-refractivity contribution in [2.75, 3.05) is 0 Å². The summed E-state index contributed by atoms with van der Waals surface area (Å²) in [7, 11) is 0. The summed E-state index contributed by atoms with van der Waals surface area (Å²) in [6.07, 6.45) is 26.7. The molecule has 1 atom stereocenters. The van der Waals surface area contributed by atoms with Crippen molar-refractivity contribution in [2.24, 2.45) is 11.3 Å². The highest BCUT2D eigenvalue weighted by Crippen LogP contribution is 2.31. The lowest BCUT2D eigenvalue weighted by Crippen LogP contribution is -2.14. The van der Waals surface area contributed by atoms with Crippen molar-refractivity contribution in [1.82, 2.24) is 0 Å². The van der Waals surface area contributed by atoms with Gasteiger partial charge in [0.05, 0.1) is 0 Å². The van der Waals surface area contributed by atoms with Gasteiger partial charge in [0.25, 0.3) is 0 Å². The molecule has 0 spiro atoms. The minimum atomic E-state index is 0.380. The molecule has 0 saturated heterocycles. The Labute approximate surface area is 166 Å². The molecule has 0 aliphatic carbocycles. The molecular formula is C26H48. The van der Waals surface area contributed by atoms with Crippen LogP contribution in [-0.4, -0.2) is 0 Å². The standard InChI is InChI=1S/C26H48/c1-7-10-11-12-13-14-15-16-17-18-19-20-22-25(21-8-2)24(9-3)23-26(4,5)6/h8,20-22,24H,2,7,9-19,23H2,1,3-6H3/b22-20-,25-21+. The van der Waals surface area contributed by atoms with Gasteiger partial charge >= 0.3 is 0 Å². The minimum Gasteiger partial charge on any atom is -0.0991 e. The van der Waals surface area contributed by atoms with Crippen molar-refractivity contribution in [2.45, 2.75) is 118 Å². The predicted molar refractivity (Wildman–Crippen MR) is 122 cm³/mol. The van der Waals surface area contributed by atoms with E-state index in [4.69, 9.17) is 0 Å². The maximum atomic E-state index is 3.91. The molecule has 26 heavy (non-hydrogen) atoms. The number of hydrogen-bond donors (Lipinski definition) is 0. The van der Waals surface area contributed by atoms with Crippen LogP contribution >= 0.6 is 0 Å². The highest BCUT2D eigenvalue weighted by Gasteiger charge is 2.19. The monoisotopic (exact) mass is 360 g/mol. The smallest absolute Gasteiger partial charge is 0.0160 e. The second-order valence-electron chi connectivity index (χ2n) is 9.15. The van der Waals surface area contributed by atoms with E-state index in [1.54, 1.807) is 0 Å². The van der Waals surface area contributed by atoms with Gasteiger partial charge < -0.3 is 0 Å². The first kappa shape index (κ1) is 25.2. The van der Waals surface area contributed by atoms with E-state index in [1.807, 2.05) is 6.08 Å². The lowest BCUT2D eigenvalue weighted by Gasteiger charge is -2.26. The van der Waals surface area contributed by atoms with Crippen LogP contribution in [0.3, 0.4) is 0 Å². The molecule has 0 radical (unpaired) electrons. The third kappa shape index (κ3) is 15.5. The van der Waals surface area contributed by atoms with Gasteiger partial charge in [-0.3, -0.25) is 0 Å². The summed E-state index contributed by atoms with van der Waals surface area (Å²) in [6, 6.07) is 0. The molecule has 152 valence electrons. The van der Waals surface area contributed by atoms with Crippen LogP contribution in [0.4, 0.5) is 0 Å². The summed E-state index contributed by atoms with van der Waals surface area (Å²) >= 11 is 0. The Morgan fingerprint density at radius 3 is 1.85 bits per heavy atom. The van der Waals surface area contributed by atoms with E-state index in [2.05, 4.69) is 59.4 Å². The third-order valence-electron chi connectivity index (χ3n) is 5.17. The van der Waals surface area contributed by atoms with Gasteiger partial charge in [-0.15, -0.1) is 0 Å². The molecular weight excluding hydrogens is 312 g/mol. The maximum Gasteiger partial charge on any atom is -0.0160 e. The Morgan fingerprint density at radius 2 is 1.38 bits per heavy atom. The van der Waals surface area contributed by atoms with Gasteiger partial charge in [0.1, 0.15) is 0 Å². The molecule has 0 bridgehead atoms. The van der Waals surface area contributed by atoms with Crippen LogP contribution in [0.5, 0.6) is 0 Å². The van der Waals surface area contributed by atoms with Crippen LogP contribution in [0.2, 0.25) is 0 Å². The third-order valence-corrected chi connectivity index (χ3v) is 5.17. The van der Waals surface area contributed by atoms with Gasteiger partial charge in [0.2, 0.25) is 0 Å². The van der Waals surface area contributed by atoms with Crippen molar-refractivity contribution in [3.63, 3.8) is 0 Å². The van der Waals surface area contributed by atoms with Crippen LogP contribution in [0.15, 0.2) is 36.5 Å². The van der Waals surface area contributed by atoms with Crippen LogP contribution in [0.25, 0.3) is 0 Å². The van der Waals surface area contributed by atoms with Crippen LogP contribution in [-0.2, 0) is 0 Å². The van der Waals surface area contributed by atoms with Crippen molar-refractivity contribution in [1.29, 1.82) is 0 Å². The molecule has 0 aliphatic rings. The van der Waals surface area contributed by atoms with E-state index in [-0.39, 0.29) is 0 Å². The van der Waals surface area contributed by atoms with Crippen molar-refractivity contribution < 1.29 is 0 Å². The van der Waals surface area contributed by atoms with E-state index in [1.165, 1.54) is 89.0 Å². The fraction of sp³-hybridized carbons (Fsp3) is 0.769. The fourth-order valence-electron chi connectivity index (χ4n) is 3.67. The molecule has 0 aromatic carbocycles. The second-order valence-corrected chi connectivity index (χ2v) is 9.15. The molecule has 0 fully saturated rings. The fourth-order valence-corrected chi connectivity index (χ4v) is 3.67. The Balaban J connectivity index is 3.97. The SMILES string of the molecule is C=C/C=C(\C=C/CCCCCCCCCCCC)C(CC)CC(C)(C)C. The van der Waals surface area contributed by atoms with Crippen molar-refractivity contribution in [3.05, 3.63) is 36.5 Å². The van der Waals surface area contributed by atoms with Gasteiger partial charge in [-0.25, -0.2) is 0 Å². The van der Waals surface area contributed by atoms with Gasteiger partial charge in [0.15, 0.2) is 0 Å². The van der Waals surface area contributed by atoms with Crippen LogP contribution < -0.4 is 0 Å². The topological polar surface area (TPSA) is 0 Å². The first-order valence-electron chi connectivity index (χ1n) is 11.4. The number of allylic oxidation sites excluding steroid dienone is 5. The van der Waals surface area contributed by atoms with Gasteiger partial charge in [-0.1, -0.05) is 123 Å². The molecule has 0 N–H and O–H groups in total. The Bertz CT molecular complexity index is 377. The summed E-state index contributed by atoms with van der Waals surface area (Å²) < 4.78 is 0. The number of rotatable bonds is 16. The summed E-state index contributed by atoms with van der Waals surface area (Å²) in [5, 5.41) is 0. The second kappa shape index (κ2) is 16.4. The highest BCUT2D eigenvalue weighted by molar-refractivity contribution is 5.25. The largest absolute Gasteiger partial charge is 0.0991 e. The lowest BCUT2D eigenvalue weighted by atomic mass is 9.79. The summed E-state index contributed by atoms with van der Waals surface area (Å²) in [4.78, 5) is 0. The zero-order valence-corrected chi connectivity index (χ0v) is 18.8. The van der Waals surface area contributed by atoms with Gasteiger partial charge in [0, 0.05) is 0 Å². The quantitative estimate of drug-likeness (QED) is 0.190. The lowest BCUT2D eigenvalue weighted by molar-refractivity contribution is 0.315. The van der Waals surface area contributed by atoms with Crippen LogP contribution in [0.1, 0.15) is 118 Å². The average molecular weight is 361 g/mol. The summed E-state index contributed by atoms with van der Waals surface area (Å²) in [5.41, 5.74) is 1.84. The normalized spacial score (nSPS) is 14.1. The van der Waals surface area contributed by atoms with Crippen molar-refractivity contribution >= 4 is 0 Å². The molecule has 0 heterocycles. The molecule has 1 unspecified atom stereocenters. The minimum absolute atomic E-state index is 0.380. The molecule has 0 aromatic rings. The van der Waals surface area contributed by atoms with Crippen molar-refractivity contribution in [3.8, 4) is 0 Å². The summed E-state index contributed by atoms with van der Waals surface area (Å²) in [6.45, 7) is 15.5. The molecule has 0 nitrogen and oxygen atoms in total. The van der Waals surface area contributed by atoms with Crippen LogP contribution in [0, 0.1) is 11.3 Å². The van der Waals surface area contributed by atoms with E-state index in [0.717, 1.165) is 0 Å². The summed E-state index contributed by atoms with van der Waals surface area (Å²) in [5.74, 6) is 0.650. The molecule has 0 rings (SSSR count). The average Bonchev–Trinajstić information content (AvgIpc) is 2.59. The molecule has 0 saturated carbocycles. The molecule has 0 aromatic heterocycles. The predicted octanol–water partition coefficient (Wildman–Crippen LogP) is 9.43. The Hall–Kier alpha value is -0.780. The first-order chi connectivity index (χ1) is 12.4.